The quantitative estimate of drug-likeness (QED) is 0.654. The minimum atomic E-state index is -0.162. The molecule has 1 aliphatic rings. The minimum absolute atomic E-state index is 0.0537. The van der Waals surface area contributed by atoms with Crippen molar-refractivity contribution in [2.45, 2.75) is 33.6 Å². The Morgan fingerprint density at radius 1 is 1.25 bits per heavy atom. The van der Waals surface area contributed by atoms with E-state index in [1.54, 1.807) is 24.3 Å². The molecule has 0 aliphatic carbocycles. The monoisotopic (exact) mass is 336 g/mol. The zero-order chi connectivity index (χ0) is 18.1. The van der Waals surface area contributed by atoms with Crippen LogP contribution >= 0.6 is 0 Å². The maximum Gasteiger partial charge on any atom is 0.291 e. The zero-order valence-corrected chi connectivity index (χ0v) is 15.2. The van der Waals surface area contributed by atoms with E-state index in [9.17, 15) is 0 Å². The van der Waals surface area contributed by atoms with Crippen molar-refractivity contribution in [2.75, 3.05) is 33.4 Å². The van der Waals surface area contributed by atoms with E-state index in [1.807, 2.05) is 13.8 Å². The Hall–Kier alpha value is -2.15. The van der Waals surface area contributed by atoms with E-state index >= 15 is 0 Å². The molecule has 2 rings (SSSR count). The van der Waals surface area contributed by atoms with Crippen molar-refractivity contribution >= 4 is 11.9 Å². The fourth-order valence-electron chi connectivity index (χ4n) is 2.16. The van der Waals surface area contributed by atoms with Crippen LogP contribution in [0.2, 0.25) is 0 Å². The minimum Gasteiger partial charge on any atom is -0.496 e. The van der Waals surface area contributed by atoms with Gasteiger partial charge in [-0.05, 0) is 5.92 Å². The van der Waals surface area contributed by atoms with Crippen molar-refractivity contribution in [3.63, 3.8) is 0 Å². The average molecular weight is 336 g/mol. The standard InChI is InChI=1S/C15H22N4O3.C2H6/c1-10(2)11-9-18-12(8-13(11)20-3)14(16)22-15(17)19-4-6-21-7-5-19;1-2/h8-10,16-17H,4-7H2,1-3H3;1-2H3. The molecule has 7 nitrogen and oxygen atoms in total. The van der Waals surface area contributed by atoms with Gasteiger partial charge in [0, 0.05) is 30.9 Å². The number of ether oxygens (including phenoxy) is 3. The molecule has 0 spiro atoms. The summed E-state index contributed by atoms with van der Waals surface area (Å²) >= 11 is 0. The van der Waals surface area contributed by atoms with Crippen LogP contribution in [-0.2, 0) is 9.47 Å². The molecule has 7 heteroatoms. The maximum absolute atomic E-state index is 7.99. The van der Waals surface area contributed by atoms with Gasteiger partial charge in [0.25, 0.3) is 6.02 Å². The van der Waals surface area contributed by atoms with Gasteiger partial charge in [-0.15, -0.1) is 0 Å². The van der Waals surface area contributed by atoms with Crippen molar-refractivity contribution in [1.29, 1.82) is 10.8 Å². The number of hydrogen-bond acceptors (Lipinski definition) is 6. The van der Waals surface area contributed by atoms with Crippen LogP contribution in [0, 0.1) is 10.8 Å². The van der Waals surface area contributed by atoms with E-state index in [1.165, 1.54) is 0 Å². The lowest BCUT2D eigenvalue weighted by Crippen LogP contribution is -2.42. The summed E-state index contributed by atoms with van der Waals surface area (Å²) < 4.78 is 15.9. The number of nitrogens with one attached hydrogen (secondary N) is 2. The number of morpholine rings is 1. The number of hydrogen-bond donors (Lipinski definition) is 2. The van der Waals surface area contributed by atoms with Crippen LogP contribution in [0.4, 0.5) is 0 Å². The van der Waals surface area contributed by atoms with Crippen LogP contribution in [0.3, 0.4) is 0 Å². The number of pyridine rings is 1. The first-order valence-electron chi connectivity index (χ1n) is 8.25. The number of methoxy groups -OCH3 is 1. The average Bonchev–Trinajstić information content (AvgIpc) is 2.63. The molecule has 0 saturated carbocycles. The van der Waals surface area contributed by atoms with Crippen LogP contribution in [-0.4, -0.2) is 55.2 Å². The van der Waals surface area contributed by atoms with Crippen LogP contribution < -0.4 is 4.74 Å². The molecule has 1 fully saturated rings. The Bertz CT molecular complexity index is 555. The van der Waals surface area contributed by atoms with Crippen LogP contribution in [0.15, 0.2) is 12.3 Å². The molecule has 134 valence electrons. The summed E-state index contributed by atoms with van der Waals surface area (Å²) in [6, 6.07) is 1.62. The smallest absolute Gasteiger partial charge is 0.291 e. The highest BCUT2D eigenvalue weighted by Crippen LogP contribution is 2.26. The molecular weight excluding hydrogens is 308 g/mol. The van der Waals surface area contributed by atoms with E-state index in [-0.39, 0.29) is 17.8 Å². The van der Waals surface area contributed by atoms with E-state index < -0.39 is 0 Å². The van der Waals surface area contributed by atoms with Crippen molar-refractivity contribution in [3.8, 4) is 5.75 Å². The van der Waals surface area contributed by atoms with E-state index in [4.69, 9.17) is 25.0 Å². The Balaban J connectivity index is 0.00000139. The molecule has 0 unspecified atom stereocenters. The summed E-state index contributed by atoms with van der Waals surface area (Å²) in [5.41, 5.74) is 1.32. The van der Waals surface area contributed by atoms with Gasteiger partial charge in [-0.3, -0.25) is 15.8 Å². The second-order valence-corrected chi connectivity index (χ2v) is 5.30. The molecule has 2 heterocycles. The second-order valence-electron chi connectivity index (χ2n) is 5.30. The SMILES string of the molecule is CC.COc1cc(C(=N)OC(=N)N2CCOCC2)ncc1C(C)C. The largest absolute Gasteiger partial charge is 0.496 e. The van der Waals surface area contributed by atoms with Gasteiger partial charge in [-0.1, -0.05) is 27.7 Å². The summed E-state index contributed by atoms with van der Waals surface area (Å²) in [6.07, 6.45) is 1.69. The Morgan fingerprint density at radius 2 is 1.88 bits per heavy atom. The molecule has 24 heavy (non-hydrogen) atoms. The molecule has 0 bridgehead atoms. The summed E-state index contributed by atoms with van der Waals surface area (Å²) in [4.78, 5) is 5.97. The fourth-order valence-corrected chi connectivity index (χ4v) is 2.16. The van der Waals surface area contributed by atoms with Gasteiger partial charge in [0.2, 0.25) is 5.90 Å². The Morgan fingerprint density at radius 3 is 2.42 bits per heavy atom. The van der Waals surface area contributed by atoms with E-state index in [2.05, 4.69) is 18.8 Å². The Labute approximate surface area is 144 Å². The zero-order valence-electron chi connectivity index (χ0n) is 15.2. The summed E-state index contributed by atoms with van der Waals surface area (Å²) in [6.45, 7) is 10.4. The van der Waals surface area contributed by atoms with E-state index in [0.717, 1.165) is 5.56 Å². The van der Waals surface area contributed by atoms with Gasteiger partial charge in [0.05, 0.1) is 20.3 Å². The predicted molar refractivity (Wildman–Crippen MR) is 94.3 cm³/mol. The number of rotatable bonds is 3. The molecular formula is C17H28N4O3. The van der Waals surface area contributed by atoms with Crippen LogP contribution in [0.1, 0.15) is 44.9 Å². The first kappa shape index (κ1) is 19.9. The van der Waals surface area contributed by atoms with Crippen molar-refractivity contribution in [3.05, 3.63) is 23.5 Å². The topological polar surface area (TPSA) is 91.5 Å². The van der Waals surface area contributed by atoms with Gasteiger partial charge in [-0.2, -0.15) is 0 Å². The highest BCUT2D eigenvalue weighted by Gasteiger charge is 2.19. The van der Waals surface area contributed by atoms with Gasteiger partial charge in [0.15, 0.2) is 0 Å². The molecule has 0 atom stereocenters. The fraction of sp³-hybridized carbons (Fsp3) is 0.588. The van der Waals surface area contributed by atoms with Crippen LogP contribution in [0.25, 0.3) is 0 Å². The van der Waals surface area contributed by atoms with Crippen molar-refractivity contribution in [1.82, 2.24) is 9.88 Å². The highest BCUT2D eigenvalue weighted by atomic mass is 16.5. The first-order chi connectivity index (χ1) is 11.5. The predicted octanol–water partition coefficient (Wildman–Crippen LogP) is 2.85. The number of aromatic nitrogens is 1. The van der Waals surface area contributed by atoms with Gasteiger partial charge in [0.1, 0.15) is 11.4 Å². The normalized spacial score (nSPS) is 13.8. The number of nitrogens with zero attached hydrogens (tertiary/aromatic N) is 2. The van der Waals surface area contributed by atoms with Gasteiger partial charge < -0.3 is 19.1 Å². The maximum atomic E-state index is 7.99. The van der Waals surface area contributed by atoms with E-state index in [0.29, 0.717) is 37.7 Å². The first-order valence-corrected chi connectivity index (χ1v) is 8.25. The lowest BCUT2D eigenvalue weighted by molar-refractivity contribution is 0.0604. The lowest BCUT2D eigenvalue weighted by Gasteiger charge is -2.27. The number of amidine groups is 1. The summed E-state index contributed by atoms with van der Waals surface area (Å²) in [7, 11) is 1.59. The van der Waals surface area contributed by atoms with Crippen LogP contribution in [0.5, 0.6) is 5.75 Å². The van der Waals surface area contributed by atoms with Crippen molar-refractivity contribution < 1.29 is 14.2 Å². The third kappa shape index (κ3) is 5.19. The molecule has 1 aliphatic heterocycles. The van der Waals surface area contributed by atoms with Crippen molar-refractivity contribution in [2.24, 2.45) is 0 Å². The molecule has 1 aromatic rings. The summed E-state index contributed by atoms with van der Waals surface area (Å²) in [5.74, 6) is 0.787. The third-order valence-electron chi connectivity index (χ3n) is 3.47. The third-order valence-corrected chi connectivity index (χ3v) is 3.47. The molecule has 0 radical (unpaired) electrons. The molecule has 0 aromatic carbocycles. The second kappa shape index (κ2) is 9.87. The lowest BCUT2D eigenvalue weighted by atomic mass is 10.0. The molecule has 0 amide bonds. The molecule has 2 N–H and O–H groups in total. The summed E-state index contributed by atoms with van der Waals surface area (Å²) in [5, 5.41) is 15.9. The molecule has 1 aromatic heterocycles. The Kier molecular flexibility index (Phi) is 8.18. The molecule has 1 saturated heterocycles. The van der Waals surface area contributed by atoms with Gasteiger partial charge in [-0.25, -0.2) is 0 Å². The van der Waals surface area contributed by atoms with Gasteiger partial charge >= 0.3 is 0 Å². The highest BCUT2D eigenvalue weighted by molar-refractivity contribution is 5.97.